The maximum Gasteiger partial charge on any atom is 0.308 e. The Morgan fingerprint density at radius 3 is 2.81 bits per heavy atom. The van der Waals surface area contributed by atoms with E-state index in [1.165, 1.54) is 0 Å². The third-order valence-corrected chi connectivity index (χ3v) is 4.06. The molecule has 1 fully saturated rings. The molecule has 2 heterocycles. The van der Waals surface area contributed by atoms with Crippen LogP contribution in [0, 0.1) is 5.92 Å². The summed E-state index contributed by atoms with van der Waals surface area (Å²) < 4.78 is 5.63. The van der Waals surface area contributed by atoms with Gasteiger partial charge in [0.25, 0.3) is 5.91 Å². The monoisotopic (exact) mass is 331 g/mol. The third kappa shape index (κ3) is 3.09. The number of carboxylic acid groups (broad SMARTS) is 1. The average Bonchev–Trinajstić information content (AvgIpc) is 3.03. The fraction of sp³-hybridized carbons (Fsp3) is 0.429. The molecule has 0 saturated carbocycles. The van der Waals surface area contributed by atoms with Crippen molar-refractivity contribution < 1.29 is 19.4 Å². The summed E-state index contributed by atoms with van der Waals surface area (Å²) in [6.07, 6.45) is 0.436. The van der Waals surface area contributed by atoms with Gasteiger partial charge in [-0.2, -0.15) is 0 Å². The second-order valence-corrected chi connectivity index (χ2v) is 5.61. The van der Waals surface area contributed by atoms with Crippen molar-refractivity contribution >= 4 is 35.9 Å². The number of carboxylic acids is 1. The van der Waals surface area contributed by atoms with E-state index in [0.717, 1.165) is 5.56 Å². The summed E-state index contributed by atoms with van der Waals surface area (Å²) in [6.45, 7) is 0.748. The van der Waals surface area contributed by atoms with Gasteiger partial charge in [-0.25, -0.2) is 0 Å². The Kier molecular flexibility index (Phi) is 4.64. The zero-order valence-electron chi connectivity index (χ0n) is 11.1. The number of rotatable bonds is 2. The van der Waals surface area contributed by atoms with Crippen molar-refractivity contribution in [2.24, 2.45) is 5.92 Å². The molecular formula is C14H15Cl2NO4. The third-order valence-electron chi connectivity index (χ3n) is 3.82. The lowest BCUT2D eigenvalue weighted by molar-refractivity contribution is -0.142. The van der Waals surface area contributed by atoms with Crippen LogP contribution in [0.2, 0.25) is 5.02 Å². The molecule has 2 aliphatic heterocycles. The molecule has 1 aromatic rings. The van der Waals surface area contributed by atoms with Gasteiger partial charge in [0.2, 0.25) is 0 Å². The topological polar surface area (TPSA) is 66.8 Å². The van der Waals surface area contributed by atoms with E-state index < -0.39 is 18.0 Å². The molecule has 0 radical (unpaired) electrons. The number of amides is 1. The Balaban J connectivity index is 0.00000161. The minimum absolute atomic E-state index is 0. The summed E-state index contributed by atoms with van der Waals surface area (Å²) in [5, 5.41) is 9.58. The Morgan fingerprint density at radius 1 is 1.38 bits per heavy atom. The van der Waals surface area contributed by atoms with Crippen molar-refractivity contribution in [1.29, 1.82) is 0 Å². The van der Waals surface area contributed by atoms with Gasteiger partial charge in [0.05, 0.1) is 5.92 Å². The highest BCUT2D eigenvalue weighted by Crippen LogP contribution is 2.32. The predicted octanol–water partition coefficient (Wildman–Crippen LogP) is 2.00. The van der Waals surface area contributed by atoms with Crippen LogP contribution in [0.25, 0.3) is 0 Å². The minimum atomic E-state index is -0.845. The Hall–Kier alpha value is -1.46. The highest BCUT2D eigenvalue weighted by molar-refractivity contribution is 6.30. The van der Waals surface area contributed by atoms with Crippen molar-refractivity contribution in [3.63, 3.8) is 0 Å². The van der Waals surface area contributed by atoms with Crippen molar-refractivity contribution in [3.8, 4) is 5.75 Å². The summed E-state index contributed by atoms with van der Waals surface area (Å²) in [5.74, 6) is -0.761. The second-order valence-electron chi connectivity index (χ2n) is 5.17. The van der Waals surface area contributed by atoms with E-state index >= 15 is 0 Å². The normalized spacial score (nSPS) is 23.2. The number of benzene rings is 1. The van der Waals surface area contributed by atoms with E-state index in [9.17, 15) is 9.59 Å². The van der Waals surface area contributed by atoms with Gasteiger partial charge in [-0.05, 0) is 30.2 Å². The lowest BCUT2D eigenvalue weighted by atomic mass is 10.1. The van der Waals surface area contributed by atoms with E-state index in [4.69, 9.17) is 21.4 Å². The maximum absolute atomic E-state index is 12.3. The fourth-order valence-electron chi connectivity index (χ4n) is 2.72. The van der Waals surface area contributed by atoms with E-state index in [1.54, 1.807) is 23.1 Å². The molecule has 0 bridgehead atoms. The van der Waals surface area contributed by atoms with E-state index in [1.807, 2.05) is 0 Å². The Morgan fingerprint density at radius 2 is 2.14 bits per heavy atom. The molecular weight excluding hydrogens is 317 g/mol. The van der Waals surface area contributed by atoms with Gasteiger partial charge < -0.3 is 14.7 Å². The number of ether oxygens (including phenoxy) is 1. The molecule has 7 heteroatoms. The molecule has 2 aliphatic rings. The van der Waals surface area contributed by atoms with Gasteiger partial charge in [-0.1, -0.05) is 11.6 Å². The summed E-state index contributed by atoms with van der Waals surface area (Å²) in [5.41, 5.74) is 0.921. The first-order chi connectivity index (χ1) is 9.54. The molecule has 3 rings (SSSR count). The van der Waals surface area contributed by atoms with Crippen LogP contribution < -0.4 is 4.74 Å². The van der Waals surface area contributed by atoms with Gasteiger partial charge in [-0.3, -0.25) is 9.59 Å². The SMILES string of the molecule is Cl.O=C(O)C1CCN(C(=O)C2Cc3cc(Cl)ccc3O2)C1. The first kappa shape index (κ1) is 15.9. The Labute approximate surface area is 133 Å². The van der Waals surface area contributed by atoms with Crippen molar-refractivity contribution in [3.05, 3.63) is 28.8 Å². The molecule has 0 aliphatic carbocycles. The minimum Gasteiger partial charge on any atom is -0.481 e. The number of aliphatic carboxylic acids is 1. The van der Waals surface area contributed by atoms with Crippen LogP contribution >= 0.6 is 24.0 Å². The Bertz CT molecular complexity index is 578. The van der Waals surface area contributed by atoms with Gasteiger partial charge in [0, 0.05) is 24.5 Å². The smallest absolute Gasteiger partial charge is 0.308 e. The van der Waals surface area contributed by atoms with Gasteiger partial charge in [0.1, 0.15) is 5.75 Å². The molecule has 2 atom stereocenters. The molecule has 0 spiro atoms. The molecule has 2 unspecified atom stereocenters. The number of carbonyl (C=O) groups is 2. The quantitative estimate of drug-likeness (QED) is 0.900. The number of fused-ring (bicyclic) bond motifs is 1. The number of carbonyl (C=O) groups excluding carboxylic acids is 1. The van der Waals surface area contributed by atoms with Crippen LogP contribution in [0.5, 0.6) is 5.75 Å². The fourth-order valence-corrected chi connectivity index (χ4v) is 2.92. The van der Waals surface area contributed by atoms with Gasteiger partial charge in [-0.15, -0.1) is 12.4 Å². The molecule has 5 nitrogen and oxygen atoms in total. The standard InChI is InChI=1S/C14H14ClNO4.ClH/c15-10-1-2-11-9(5-10)6-12(20-11)13(17)16-4-3-8(7-16)14(18)19;/h1-2,5,8,12H,3-4,6-7H2,(H,18,19);1H. The van der Waals surface area contributed by atoms with Gasteiger partial charge in [0.15, 0.2) is 6.10 Å². The largest absolute Gasteiger partial charge is 0.481 e. The summed E-state index contributed by atoms with van der Waals surface area (Å²) in [4.78, 5) is 24.8. The first-order valence-corrected chi connectivity index (χ1v) is 6.89. The lowest BCUT2D eigenvalue weighted by Crippen LogP contribution is -2.40. The van der Waals surface area contributed by atoms with Crippen LogP contribution in [-0.2, 0) is 16.0 Å². The second kappa shape index (κ2) is 6.12. The molecule has 1 N–H and O–H groups in total. The predicted molar refractivity (Wildman–Crippen MR) is 79.1 cm³/mol. The maximum atomic E-state index is 12.3. The molecule has 0 aromatic heterocycles. The van der Waals surface area contributed by atoms with Crippen LogP contribution in [0.4, 0.5) is 0 Å². The van der Waals surface area contributed by atoms with E-state index in [2.05, 4.69) is 0 Å². The van der Waals surface area contributed by atoms with E-state index in [0.29, 0.717) is 30.2 Å². The number of likely N-dealkylation sites (tertiary alicyclic amines) is 1. The van der Waals surface area contributed by atoms with Crippen LogP contribution in [-0.4, -0.2) is 41.1 Å². The lowest BCUT2D eigenvalue weighted by Gasteiger charge is -2.19. The zero-order chi connectivity index (χ0) is 14.3. The summed E-state index contributed by atoms with van der Waals surface area (Å²) in [7, 11) is 0. The van der Waals surface area contributed by atoms with Gasteiger partial charge >= 0.3 is 5.97 Å². The zero-order valence-corrected chi connectivity index (χ0v) is 12.7. The highest BCUT2D eigenvalue weighted by atomic mass is 35.5. The summed E-state index contributed by atoms with van der Waals surface area (Å²) >= 11 is 5.92. The summed E-state index contributed by atoms with van der Waals surface area (Å²) in [6, 6.07) is 5.28. The molecule has 1 aromatic carbocycles. The number of hydrogen-bond acceptors (Lipinski definition) is 3. The van der Waals surface area contributed by atoms with E-state index in [-0.39, 0.29) is 24.9 Å². The highest BCUT2D eigenvalue weighted by Gasteiger charge is 2.37. The molecule has 1 amide bonds. The van der Waals surface area contributed by atoms with Crippen LogP contribution in [0.1, 0.15) is 12.0 Å². The number of hydrogen-bond donors (Lipinski definition) is 1. The number of halogens is 2. The molecule has 21 heavy (non-hydrogen) atoms. The average molecular weight is 332 g/mol. The van der Waals surface area contributed by atoms with Crippen LogP contribution in [0.15, 0.2) is 18.2 Å². The number of nitrogens with zero attached hydrogens (tertiary/aromatic N) is 1. The van der Waals surface area contributed by atoms with Crippen molar-refractivity contribution in [2.75, 3.05) is 13.1 Å². The van der Waals surface area contributed by atoms with Crippen LogP contribution in [0.3, 0.4) is 0 Å². The first-order valence-electron chi connectivity index (χ1n) is 6.51. The van der Waals surface area contributed by atoms with Crippen molar-refractivity contribution in [2.45, 2.75) is 18.9 Å². The molecule has 1 saturated heterocycles. The van der Waals surface area contributed by atoms with Crippen molar-refractivity contribution in [1.82, 2.24) is 4.90 Å². The molecule has 114 valence electrons.